The van der Waals surface area contributed by atoms with Crippen molar-refractivity contribution >= 4 is 35.8 Å². The first kappa shape index (κ1) is 41.6. The molecule has 0 spiro atoms. The molecule has 268 valence electrons. The maximum Gasteiger partial charge on any atom is 0.408 e. The number of amides is 3. The SMILES string of the molecule is C/C=C(\NC(=O)[C@@H](NC(=O)OC(C)(C)C)C(C)C)C(=O)O[C@@H](Cc1ccccc1)C(=O)O[C@@H](CC(C)C)C(=O)N[C@H](CC(C)C)C(=O)O. The van der Waals surface area contributed by atoms with Gasteiger partial charge in [0.15, 0.2) is 6.10 Å². The van der Waals surface area contributed by atoms with Gasteiger partial charge < -0.3 is 35.3 Å². The third-order valence-electron chi connectivity index (χ3n) is 6.72. The number of carbonyl (C=O) groups excluding carboxylic acids is 5. The van der Waals surface area contributed by atoms with Gasteiger partial charge in [-0.3, -0.25) is 9.59 Å². The fourth-order valence-electron chi connectivity index (χ4n) is 4.43. The van der Waals surface area contributed by atoms with E-state index < -0.39 is 71.6 Å². The minimum atomic E-state index is -1.54. The molecule has 1 aromatic carbocycles. The molecule has 0 radical (unpaired) electrons. The van der Waals surface area contributed by atoms with Gasteiger partial charge in [-0.05, 0) is 63.9 Å². The minimum Gasteiger partial charge on any atom is -0.480 e. The van der Waals surface area contributed by atoms with E-state index >= 15 is 0 Å². The molecule has 13 nitrogen and oxygen atoms in total. The summed E-state index contributed by atoms with van der Waals surface area (Å²) in [5, 5.41) is 17.1. The average Bonchev–Trinajstić information content (AvgIpc) is 2.96. The lowest BCUT2D eigenvalue weighted by Gasteiger charge is -2.26. The molecule has 0 aliphatic carbocycles. The van der Waals surface area contributed by atoms with Crippen LogP contribution in [0.1, 0.15) is 87.6 Å². The Morgan fingerprint density at radius 3 is 1.88 bits per heavy atom. The highest BCUT2D eigenvalue weighted by atomic mass is 16.6. The number of alkyl carbamates (subject to hydrolysis) is 1. The van der Waals surface area contributed by atoms with Crippen LogP contribution < -0.4 is 16.0 Å². The molecular weight excluding hydrogens is 622 g/mol. The number of hydrogen-bond donors (Lipinski definition) is 4. The molecular formula is C35H53N3O10. The van der Waals surface area contributed by atoms with Crippen LogP contribution in [0.15, 0.2) is 42.1 Å². The molecule has 0 aliphatic rings. The smallest absolute Gasteiger partial charge is 0.408 e. The summed E-state index contributed by atoms with van der Waals surface area (Å²) < 4.78 is 16.4. The van der Waals surface area contributed by atoms with Gasteiger partial charge in [0.2, 0.25) is 12.0 Å². The van der Waals surface area contributed by atoms with Crippen molar-refractivity contribution in [3.8, 4) is 0 Å². The highest BCUT2D eigenvalue weighted by Crippen LogP contribution is 2.16. The fraction of sp³-hybridized carbons (Fsp3) is 0.600. The normalized spacial score (nSPS) is 14.4. The van der Waals surface area contributed by atoms with Crippen molar-refractivity contribution in [2.24, 2.45) is 17.8 Å². The van der Waals surface area contributed by atoms with Crippen LogP contribution in [0.4, 0.5) is 4.79 Å². The van der Waals surface area contributed by atoms with E-state index in [9.17, 15) is 33.9 Å². The van der Waals surface area contributed by atoms with Gasteiger partial charge in [0.25, 0.3) is 5.91 Å². The Morgan fingerprint density at radius 2 is 1.40 bits per heavy atom. The predicted molar refractivity (Wildman–Crippen MR) is 178 cm³/mol. The molecule has 0 heterocycles. The van der Waals surface area contributed by atoms with Crippen LogP contribution in [0.5, 0.6) is 0 Å². The number of carboxylic acid groups (broad SMARTS) is 1. The third-order valence-corrected chi connectivity index (χ3v) is 6.72. The van der Waals surface area contributed by atoms with Crippen LogP contribution in [0, 0.1) is 17.8 Å². The summed E-state index contributed by atoms with van der Waals surface area (Å²) >= 11 is 0. The van der Waals surface area contributed by atoms with Crippen molar-refractivity contribution in [1.29, 1.82) is 0 Å². The van der Waals surface area contributed by atoms with Crippen LogP contribution >= 0.6 is 0 Å². The molecule has 0 saturated carbocycles. The first-order valence-electron chi connectivity index (χ1n) is 16.2. The number of hydrogen-bond acceptors (Lipinski definition) is 9. The number of nitrogens with one attached hydrogen (secondary N) is 3. The highest BCUT2D eigenvalue weighted by Gasteiger charge is 2.35. The zero-order valence-corrected chi connectivity index (χ0v) is 29.7. The Balaban J connectivity index is 3.25. The maximum absolute atomic E-state index is 13.6. The molecule has 0 aromatic heterocycles. The van der Waals surface area contributed by atoms with Crippen LogP contribution in [0.2, 0.25) is 0 Å². The molecule has 4 atom stereocenters. The van der Waals surface area contributed by atoms with Crippen molar-refractivity contribution in [3.05, 3.63) is 47.7 Å². The van der Waals surface area contributed by atoms with Crippen molar-refractivity contribution in [1.82, 2.24) is 16.0 Å². The van der Waals surface area contributed by atoms with Gasteiger partial charge in [0.1, 0.15) is 23.4 Å². The van der Waals surface area contributed by atoms with Gasteiger partial charge in [-0.1, -0.05) is 78.0 Å². The van der Waals surface area contributed by atoms with E-state index in [1.165, 1.54) is 13.0 Å². The first-order valence-corrected chi connectivity index (χ1v) is 16.2. The second kappa shape index (κ2) is 19.4. The Hall–Kier alpha value is -4.42. The summed E-state index contributed by atoms with van der Waals surface area (Å²) in [6.45, 7) is 17.2. The number of allylic oxidation sites excluding steroid dienone is 1. The van der Waals surface area contributed by atoms with Crippen molar-refractivity contribution in [3.63, 3.8) is 0 Å². The van der Waals surface area contributed by atoms with Crippen LogP contribution in [0.25, 0.3) is 0 Å². The summed E-state index contributed by atoms with van der Waals surface area (Å²) in [6, 6.07) is 6.39. The molecule has 48 heavy (non-hydrogen) atoms. The van der Waals surface area contributed by atoms with Gasteiger partial charge >= 0.3 is 24.0 Å². The van der Waals surface area contributed by atoms with Gasteiger partial charge in [0, 0.05) is 6.42 Å². The quantitative estimate of drug-likeness (QED) is 0.105. The van der Waals surface area contributed by atoms with Gasteiger partial charge in [-0.15, -0.1) is 0 Å². The molecule has 13 heteroatoms. The number of ether oxygens (including phenoxy) is 3. The van der Waals surface area contributed by atoms with Crippen LogP contribution in [-0.4, -0.2) is 70.8 Å². The van der Waals surface area contributed by atoms with Gasteiger partial charge in [0.05, 0.1) is 0 Å². The molecule has 0 aliphatic heterocycles. The monoisotopic (exact) mass is 675 g/mol. The number of rotatable bonds is 17. The largest absolute Gasteiger partial charge is 0.480 e. The average molecular weight is 676 g/mol. The molecule has 4 N–H and O–H groups in total. The fourth-order valence-corrected chi connectivity index (χ4v) is 4.43. The third kappa shape index (κ3) is 15.4. The number of aliphatic carboxylic acids is 1. The second-order valence-electron chi connectivity index (χ2n) is 13.7. The lowest BCUT2D eigenvalue weighted by atomic mass is 10.0. The Morgan fingerprint density at radius 1 is 0.812 bits per heavy atom. The van der Waals surface area contributed by atoms with Gasteiger partial charge in [-0.2, -0.15) is 0 Å². The number of esters is 2. The lowest BCUT2D eigenvalue weighted by Crippen LogP contribution is -2.51. The lowest BCUT2D eigenvalue weighted by molar-refractivity contribution is -0.173. The molecule has 0 fully saturated rings. The topological polar surface area (TPSA) is 186 Å². The Kier molecular flexibility index (Phi) is 16.8. The van der Waals surface area contributed by atoms with Crippen LogP contribution in [0.3, 0.4) is 0 Å². The molecule has 0 saturated heterocycles. The van der Waals surface area contributed by atoms with Crippen molar-refractivity contribution < 1.29 is 48.1 Å². The van der Waals surface area contributed by atoms with E-state index in [4.69, 9.17) is 14.2 Å². The van der Waals surface area contributed by atoms with E-state index in [1.54, 1.807) is 65.0 Å². The second-order valence-corrected chi connectivity index (χ2v) is 13.7. The van der Waals surface area contributed by atoms with Crippen molar-refractivity contribution in [2.75, 3.05) is 0 Å². The Labute approximate surface area is 283 Å². The zero-order valence-electron chi connectivity index (χ0n) is 29.7. The number of benzene rings is 1. The van der Waals surface area contributed by atoms with E-state index in [0.717, 1.165) is 0 Å². The number of carbonyl (C=O) groups is 6. The summed E-state index contributed by atoms with van der Waals surface area (Å²) in [7, 11) is 0. The maximum atomic E-state index is 13.6. The van der Waals surface area contributed by atoms with Gasteiger partial charge in [-0.25, -0.2) is 19.2 Å². The standard InChI is InChI=1S/C35H53N3O10/c1-11-24(36-30(40)28(22(6)7)38-34(45)48-35(8,9)10)32(43)47-27(19-23-15-13-12-14-16-23)33(44)46-26(18-21(4)5)29(39)37-25(31(41)42)17-20(2)3/h11-16,20-22,25-28H,17-19H2,1-10H3,(H,36,40)(H,37,39)(H,38,45)(H,41,42)/b24-11-/t25-,26+,27+,28+/m1/s1. The van der Waals surface area contributed by atoms with Crippen LogP contribution in [-0.2, 0) is 44.6 Å². The highest BCUT2D eigenvalue weighted by molar-refractivity contribution is 5.97. The zero-order chi connectivity index (χ0) is 36.8. The summed E-state index contributed by atoms with van der Waals surface area (Å²) in [6.07, 6.45) is -2.31. The minimum absolute atomic E-state index is 0.0302. The summed E-state index contributed by atoms with van der Waals surface area (Å²) in [5.74, 6) is -5.35. The number of carboxylic acids is 1. The van der Waals surface area contributed by atoms with E-state index in [1.807, 2.05) is 27.7 Å². The molecule has 3 amide bonds. The van der Waals surface area contributed by atoms with E-state index in [2.05, 4.69) is 16.0 Å². The first-order chi connectivity index (χ1) is 22.2. The van der Waals surface area contributed by atoms with E-state index in [0.29, 0.717) is 5.56 Å². The predicted octanol–water partition coefficient (Wildman–Crippen LogP) is 4.28. The molecule has 1 aromatic rings. The van der Waals surface area contributed by atoms with E-state index in [-0.39, 0.29) is 36.8 Å². The van der Waals surface area contributed by atoms with Crippen molar-refractivity contribution in [2.45, 2.75) is 118 Å². The summed E-state index contributed by atoms with van der Waals surface area (Å²) in [5.41, 5.74) is -0.478. The summed E-state index contributed by atoms with van der Waals surface area (Å²) in [4.78, 5) is 77.5. The molecule has 1 rings (SSSR count). The Bertz CT molecular complexity index is 1290. The molecule has 0 unspecified atom stereocenters. The molecule has 0 bridgehead atoms.